The third kappa shape index (κ3) is 3.24. The smallest absolute Gasteiger partial charge is 0.165 e. The molecule has 4 aliphatic carbocycles. The van der Waals surface area contributed by atoms with Gasteiger partial charge in [0.1, 0.15) is 11.4 Å². The minimum Gasteiger partial charge on any atom is -0.381 e. The van der Waals surface area contributed by atoms with E-state index in [1.807, 2.05) is 0 Å². The molecule has 170 valence electrons. The lowest BCUT2D eigenvalue weighted by molar-refractivity contribution is -0.203. The summed E-state index contributed by atoms with van der Waals surface area (Å²) in [6.45, 7) is 11.8. The van der Waals surface area contributed by atoms with Gasteiger partial charge in [-0.1, -0.05) is 53.9 Å². The van der Waals surface area contributed by atoms with Crippen LogP contribution in [0, 0.1) is 46.3 Å². The lowest BCUT2D eigenvalue weighted by Gasteiger charge is -2.62. The average Bonchev–Trinajstić information content (AvgIpc) is 3.01. The first-order chi connectivity index (χ1) is 14.0. The molecule has 0 aromatic rings. The Hall–Kier alpha value is -0.700. The molecule has 4 aliphatic rings. The number of carbonyl (C=O) groups excluding carboxylic acids is 2. The summed E-state index contributed by atoms with van der Waals surface area (Å²) in [6, 6.07) is 0. The van der Waals surface area contributed by atoms with Gasteiger partial charge in [-0.05, 0) is 73.0 Å². The van der Waals surface area contributed by atoms with Crippen LogP contribution in [0.15, 0.2) is 0 Å². The van der Waals surface area contributed by atoms with Crippen LogP contribution < -0.4 is 0 Å². The van der Waals surface area contributed by atoms with Crippen molar-refractivity contribution < 1.29 is 14.7 Å². The normalized spacial score (nSPS) is 47.0. The molecular weight excluding hydrogens is 372 g/mol. The molecule has 0 unspecified atom stereocenters. The average molecular weight is 417 g/mol. The maximum absolute atomic E-state index is 13.3. The highest BCUT2D eigenvalue weighted by Gasteiger charge is 2.67. The molecular formula is C27H44O3. The number of hydrogen-bond acceptors (Lipinski definition) is 3. The fraction of sp³-hybridized carbons (Fsp3) is 0.926. The van der Waals surface area contributed by atoms with E-state index in [1.165, 1.54) is 38.5 Å². The quantitative estimate of drug-likeness (QED) is 0.600. The monoisotopic (exact) mass is 416 g/mol. The summed E-state index contributed by atoms with van der Waals surface area (Å²) in [5.41, 5.74) is -1.47. The Morgan fingerprint density at radius 1 is 1.00 bits per heavy atom. The van der Waals surface area contributed by atoms with E-state index in [-0.39, 0.29) is 18.0 Å². The van der Waals surface area contributed by atoms with Crippen molar-refractivity contribution in [2.75, 3.05) is 0 Å². The zero-order valence-electron chi connectivity index (χ0n) is 20.0. The molecule has 0 aromatic carbocycles. The lowest BCUT2D eigenvalue weighted by Crippen LogP contribution is -2.66. The Kier molecular flexibility index (Phi) is 5.78. The van der Waals surface area contributed by atoms with Gasteiger partial charge in [0.25, 0.3) is 0 Å². The topological polar surface area (TPSA) is 54.4 Å². The lowest BCUT2D eigenvalue weighted by atomic mass is 9.42. The number of ketones is 2. The van der Waals surface area contributed by atoms with Gasteiger partial charge in [0, 0.05) is 24.7 Å². The fourth-order valence-corrected chi connectivity index (χ4v) is 8.86. The summed E-state index contributed by atoms with van der Waals surface area (Å²) in [4.78, 5) is 25.4. The summed E-state index contributed by atoms with van der Waals surface area (Å²) < 4.78 is 0. The Balaban J connectivity index is 1.54. The number of Topliss-reactive ketones (excluding diaryl/α,β-unsaturated/α-hetero) is 2. The largest absolute Gasteiger partial charge is 0.381 e. The van der Waals surface area contributed by atoms with Crippen LogP contribution in [-0.2, 0) is 9.59 Å². The number of aliphatic hydroxyl groups is 1. The molecule has 4 saturated carbocycles. The summed E-state index contributed by atoms with van der Waals surface area (Å²) in [6.07, 6.45) is 10.7. The van der Waals surface area contributed by atoms with Crippen molar-refractivity contribution in [2.45, 2.75) is 111 Å². The van der Waals surface area contributed by atoms with E-state index in [1.54, 1.807) is 0 Å². The molecule has 0 saturated heterocycles. The highest BCUT2D eigenvalue weighted by Crippen LogP contribution is 2.68. The van der Waals surface area contributed by atoms with Gasteiger partial charge in [0.2, 0.25) is 0 Å². The number of rotatable bonds is 5. The van der Waals surface area contributed by atoms with Crippen molar-refractivity contribution in [2.24, 2.45) is 46.3 Å². The van der Waals surface area contributed by atoms with Gasteiger partial charge in [0.05, 0.1) is 0 Å². The molecule has 0 radical (unpaired) electrons. The van der Waals surface area contributed by atoms with Crippen LogP contribution in [0.5, 0.6) is 0 Å². The van der Waals surface area contributed by atoms with Gasteiger partial charge in [-0.25, -0.2) is 0 Å². The maximum atomic E-state index is 13.3. The van der Waals surface area contributed by atoms with Crippen molar-refractivity contribution in [3.63, 3.8) is 0 Å². The Morgan fingerprint density at radius 2 is 1.73 bits per heavy atom. The zero-order chi connectivity index (χ0) is 21.9. The van der Waals surface area contributed by atoms with Gasteiger partial charge < -0.3 is 5.11 Å². The van der Waals surface area contributed by atoms with Crippen molar-refractivity contribution in [3.05, 3.63) is 0 Å². The number of hydrogen-bond donors (Lipinski definition) is 1. The second kappa shape index (κ2) is 7.71. The molecule has 0 aromatic heterocycles. The number of carbonyl (C=O) groups is 2. The maximum Gasteiger partial charge on any atom is 0.165 e. The third-order valence-electron chi connectivity index (χ3n) is 10.7. The molecule has 0 amide bonds. The van der Waals surface area contributed by atoms with E-state index in [9.17, 15) is 14.7 Å². The predicted molar refractivity (Wildman–Crippen MR) is 120 cm³/mol. The minimum atomic E-state index is -1.40. The van der Waals surface area contributed by atoms with E-state index >= 15 is 0 Å². The van der Waals surface area contributed by atoms with Gasteiger partial charge in [-0.3, -0.25) is 9.59 Å². The Morgan fingerprint density at radius 3 is 2.43 bits per heavy atom. The summed E-state index contributed by atoms with van der Waals surface area (Å²) >= 11 is 0. The van der Waals surface area contributed by atoms with Crippen molar-refractivity contribution in [1.29, 1.82) is 0 Å². The summed E-state index contributed by atoms with van der Waals surface area (Å²) in [7, 11) is 0. The third-order valence-corrected chi connectivity index (χ3v) is 10.7. The van der Waals surface area contributed by atoms with Crippen molar-refractivity contribution >= 4 is 11.6 Å². The second-order valence-electron chi connectivity index (χ2n) is 12.5. The molecule has 8 atom stereocenters. The molecule has 0 heterocycles. The minimum absolute atomic E-state index is 0.0306. The Labute approximate surface area is 183 Å². The Bertz CT molecular complexity index is 698. The number of fused-ring (bicyclic) bond motifs is 5. The van der Waals surface area contributed by atoms with Crippen molar-refractivity contribution in [1.82, 2.24) is 0 Å². The molecule has 0 aliphatic heterocycles. The molecule has 0 spiro atoms. The van der Waals surface area contributed by atoms with Crippen LogP contribution in [0.2, 0.25) is 0 Å². The molecule has 30 heavy (non-hydrogen) atoms. The molecule has 3 heteroatoms. The second-order valence-corrected chi connectivity index (χ2v) is 12.5. The van der Waals surface area contributed by atoms with E-state index < -0.39 is 11.0 Å². The van der Waals surface area contributed by atoms with Crippen LogP contribution in [-0.4, -0.2) is 22.3 Å². The predicted octanol–water partition coefficient (Wildman–Crippen LogP) is 5.97. The highest BCUT2D eigenvalue weighted by atomic mass is 16.3. The van der Waals surface area contributed by atoms with Gasteiger partial charge in [-0.15, -0.1) is 0 Å². The van der Waals surface area contributed by atoms with Gasteiger partial charge >= 0.3 is 0 Å². The first-order valence-corrected chi connectivity index (χ1v) is 12.8. The highest BCUT2D eigenvalue weighted by molar-refractivity contribution is 5.96. The summed E-state index contributed by atoms with van der Waals surface area (Å²) in [5, 5.41) is 11.4. The van der Waals surface area contributed by atoms with Crippen LogP contribution in [0.25, 0.3) is 0 Å². The molecule has 4 fully saturated rings. The van der Waals surface area contributed by atoms with E-state index in [4.69, 9.17) is 0 Å². The van der Waals surface area contributed by atoms with Crippen LogP contribution in [0.3, 0.4) is 0 Å². The zero-order valence-corrected chi connectivity index (χ0v) is 20.0. The standard InChI is InChI=1S/C27H44O3/c1-17(2)7-6-8-18(3)21-9-10-22-20-15-24(29)27(30)16-19(28)11-14-26(27,5)23(20)12-13-25(21,22)4/h17-18,20-23,30H,6-16H2,1-5H3/t18-,20-,21+,22+,23+,25+,26+,27-/m0/s1. The first-order valence-electron chi connectivity index (χ1n) is 12.8. The molecule has 4 rings (SSSR count). The van der Waals surface area contributed by atoms with Crippen LogP contribution in [0.4, 0.5) is 0 Å². The molecule has 3 nitrogen and oxygen atoms in total. The van der Waals surface area contributed by atoms with Crippen LogP contribution >= 0.6 is 0 Å². The van der Waals surface area contributed by atoms with Crippen molar-refractivity contribution in [3.8, 4) is 0 Å². The van der Waals surface area contributed by atoms with E-state index in [0.29, 0.717) is 42.4 Å². The van der Waals surface area contributed by atoms with E-state index in [2.05, 4.69) is 34.6 Å². The summed E-state index contributed by atoms with van der Waals surface area (Å²) in [5.74, 6) is 3.76. The first kappa shape index (κ1) is 22.5. The van der Waals surface area contributed by atoms with Crippen LogP contribution in [0.1, 0.15) is 105 Å². The van der Waals surface area contributed by atoms with E-state index in [0.717, 1.165) is 24.2 Å². The van der Waals surface area contributed by atoms with Gasteiger partial charge in [0.15, 0.2) is 5.78 Å². The fourth-order valence-electron chi connectivity index (χ4n) is 8.86. The SMILES string of the molecule is CC(C)CCC[C@H](C)[C@H]1CC[C@@H]2[C@@H]3CC(=O)[C@@]4(O)CC(=O)CC[C@]4(C)[C@@H]3CC[C@@]21C. The molecule has 1 N–H and O–H groups in total. The van der Waals surface area contributed by atoms with Gasteiger partial charge in [-0.2, -0.15) is 0 Å². The molecule has 0 bridgehead atoms.